The molecule has 2 aromatic rings. The van der Waals surface area contributed by atoms with Gasteiger partial charge in [0.1, 0.15) is 5.75 Å². The van der Waals surface area contributed by atoms with Crippen LogP contribution in [0.15, 0.2) is 33.9 Å². The van der Waals surface area contributed by atoms with Gasteiger partial charge in [-0.2, -0.15) is 4.31 Å². The van der Waals surface area contributed by atoms with Gasteiger partial charge in [-0.3, -0.25) is 0 Å². The summed E-state index contributed by atoms with van der Waals surface area (Å²) in [5, 5.41) is 7.42. The van der Waals surface area contributed by atoms with Gasteiger partial charge in [0.25, 0.3) is 10.0 Å². The van der Waals surface area contributed by atoms with Crippen LogP contribution in [0.1, 0.15) is 5.56 Å². The smallest absolute Gasteiger partial charge is 0.263 e. The molecule has 0 bridgehead atoms. The van der Waals surface area contributed by atoms with Crippen molar-refractivity contribution in [3.8, 4) is 5.75 Å². The number of hydrogen-bond donors (Lipinski definition) is 0. The van der Waals surface area contributed by atoms with Crippen LogP contribution in [0, 0.1) is 0 Å². The van der Waals surface area contributed by atoms with Gasteiger partial charge in [0.05, 0.1) is 7.11 Å². The van der Waals surface area contributed by atoms with E-state index in [4.69, 9.17) is 4.74 Å². The molecule has 0 atom stereocenters. The van der Waals surface area contributed by atoms with Crippen molar-refractivity contribution in [1.29, 1.82) is 0 Å². The summed E-state index contributed by atoms with van der Waals surface area (Å²) in [4.78, 5) is 0. The fourth-order valence-corrected chi connectivity index (χ4v) is 4.00. The monoisotopic (exact) mass is 374 g/mol. The van der Waals surface area contributed by atoms with Gasteiger partial charge in [0, 0.05) is 20.6 Å². The fourth-order valence-electron chi connectivity index (χ4n) is 1.82. The lowest BCUT2D eigenvalue weighted by molar-refractivity contribution is 0.414. The van der Waals surface area contributed by atoms with Crippen LogP contribution in [0.3, 0.4) is 0 Å². The Balaban J connectivity index is 2.24. The molecule has 1 aromatic carbocycles. The Morgan fingerprint density at radius 2 is 1.95 bits per heavy atom. The summed E-state index contributed by atoms with van der Waals surface area (Å²) in [6.45, 7) is 0.240. The topological polar surface area (TPSA) is 77.3 Å². The summed E-state index contributed by atoms with van der Waals surface area (Å²) in [5.74, 6) is 0.725. The summed E-state index contributed by atoms with van der Waals surface area (Å²) >= 11 is 3.11. The SMILES string of the molecule is COc1ccc(CN(C)S(=O)(=O)c2c(Br)nnn2C)cc1. The van der Waals surface area contributed by atoms with E-state index in [-0.39, 0.29) is 16.2 Å². The maximum absolute atomic E-state index is 12.5. The van der Waals surface area contributed by atoms with Crippen LogP contribution in [0.2, 0.25) is 0 Å². The van der Waals surface area contributed by atoms with Crippen molar-refractivity contribution < 1.29 is 13.2 Å². The van der Waals surface area contributed by atoms with Gasteiger partial charge in [0.15, 0.2) is 4.60 Å². The predicted octanol–water partition coefficient (Wildman–Crippen LogP) is 1.41. The van der Waals surface area contributed by atoms with E-state index in [1.54, 1.807) is 19.2 Å². The van der Waals surface area contributed by atoms with Crippen molar-refractivity contribution in [3.05, 3.63) is 34.4 Å². The van der Waals surface area contributed by atoms with Crippen LogP contribution in [0.5, 0.6) is 5.75 Å². The summed E-state index contributed by atoms with van der Waals surface area (Å²) in [7, 11) is 0.951. The van der Waals surface area contributed by atoms with Crippen LogP contribution in [0.4, 0.5) is 0 Å². The molecule has 0 saturated heterocycles. The Hall–Kier alpha value is -1.45. The molecule has 21 heavy (non-hydrogen) atoms. The third kappa shape index (κ3) is 3.25. The average molecular weight is 375 g/mol. The molecule has 1 heterocycles. The molecule has 0 amide bonds. The number of aromatic nitrogens is 3. The van der Waals surface area contributed by atoms with Crippen molar-refractivity contribution in [1.82, 2.24) is 19.3 Å². The second-order valence-electron chi connectivity index (χ2n) is 4.42. The number of rotatable bonds is 5. The minimum atomic E-state index is -3.68. The van der Waals surface area contributed by atoms with Gasteiger partial charge < -0.3 is 4.74 Å². The van der Waals surface area contributed by atoms with E-state index in [1.165, 1.54) is 23.1 Å². The van der Waals surface area contributed by atoms with Crippen molar-refractivity contribution in [2.45, 2.75) is 11.6 Å². The fraction of sp³-hybridized carbons (Fsp3) is 0.333. The Kier molecular flexibility index (Phi) is 4.64. The van der Waals surface area contributed by atoms with Crippen LogP contribution >= 0.6 is 15.9 Å². The normalized spacial score (nSPS) is 11.9. The van der Waals surface area contributed by atoms with Crippen molar-refractivity contribution >= 4 is 26.0 Å². The van der Waals surface area contributed by atoms with E-state index in [0.717, 1.165) is 11.3 Å². The molecule has 0 spiro atoms. The maximum Gasteiger partial charge on any atom is 0.263 e. The zero-order chi connectivity index (χ0) is 15.6. The van der Waals surface area contributed by atoms with Gasteiger partial charge in [0.2, 0.25) is 5.03 Å². The third-order valence-corrected chi connectivity index (χ3v) is 5.65. The number of sulfonamides is 1. The lowest BCUT2D eigenvalue weighted by atomic mass is 10.2. The lowest BCUT2D eigenvalue weighted by Crippen LogP contribution is -2.28. The summed E-state index contributed by atoms with van der Waals surface area (Å²) < 4.78 is 32.8. The molecule has 0 unspecified atom stereocenters. The van der Waals surface area contributed by atoms with E-state index >= 15 is 0 Å². The molecule has 0 N–H and O–H groups in total. The molecule has 9 heteroatoms. The van der Waals surface area contributed by atoms with Crippen molar-refractivity contribution in [3.63, 3.8) is 0 Å². The number of methoxy groups -OCH3 is 1. The average Bonchev–Trinajstić information content (AvgIpc) is 2.79. The number of benzene rings is 1. The number of aryl methyl sites for hydroxylation is 1. The van der Waals surface area contributed by atoms with Crippen LogP contribution in [-0.2, 0) is 23.6 Å². The van der Waals surface area contributed by atoms with E-state index in [9.17, 15) is 8.42 Å². The Bertz CT molecular complexity index is 708. The van der Waals surface area contributed by atoms with E-state index in [0.29, 0.717) is 0 Å². The Morgan fingerprint density at radius 1 is 1.33 bits per heavy atom. The number of nitrogens with zero attached hydrogens (tertiary/aromatic N) is 4. The van der Waals surface area contributed by atoms with Gasteiger partial charge in [-0.05, 0) is 33.6 Å². The quantitative estimate of drug-likeness (QED) is 0.790. The van der Waals surface area contributed by atoms with Crippen LogP contribution in [0.25, 0.3) is 0 Å². The highest BCUT2D eigenvalue weighted by Crippen LogP contribution is 2.23. The molecule has 1 aromatic heterocycles. The zero-order valence-electron chi connectivity index (χ0n) is 11.8. The Morgan fingerprint density at radius 3 is 2.43 bits per heavy atom. The van der Waals surface area contributed by atoms with Crippen LogP contribution < -0.4 is 4.74 Å². The molecular weight excluding hydrogens is 360 g/mol. The standard InChI is InChI=1S/C12H15BrN4O3S/c1-16(8-9-4-6-10(20-3)7-5-9)21(18,19)12-11(13)14-15-17(12)2/h4-7H,8H2,1-3H3. The highest BCUT2D eigenvalue weighted by atomic mass is 79.9. The minimum Gasteiger partial charge on any atom is -0.497 e. The Labute approximate surface area is 131 Å². The minimum absolute atomic E-state index is 0.0264. The first kappa shape index (κ1) is 15.9. The van der Waals surface area contributed by atoms with Gasteiger partial charge >= 0.3 is 0 Å². The largest absolute Gasteiger partial charge is 0.497 e. The van der Waals surface area contributed by atoms with Crippen molar-refractivity contribution in [2.75, 3.05) is 14.2 Å². The highest BCUT2D eigenvalue weighted by molar-refractivity contribution is 9.10. The number of hydrogen-bond acceptors (Lipinski definition) is 5. The first-order chi connectivity index (χ1) is 9.86. The molecule has 0 aliphatic rings. The second-order valence-corrected chi connectivity index (χ2v) is 7.13. The van der Waals surface area contributed by atoms with Gasteiger partial charge in [-0.15, -0.1) is 5.10 Å². The van der Waals surface area contributed by atoms with Crippen molar-refractivity contribution in [2.24, 2.45) is 7.05 Å². The second kappa shape index (κ2) is 6.12. The highest BCUT2D eigenvalue weighted by Gasteiger charge is 2.28. The molecule has 114 valence electrons. The number of ether oxygens (including phenoxy) is 1. The van der Waals surface area contributed by atoms with E-state index in [2.05, 4.69) is 26.2 Å². The molecular formula is C12H15BrN4O3S. The molecule has 7 nitrogen and oxygen atoms in total. The molecule has 0 radical (unpaired) electrons. The third-order valence-electron chi connectivity index (χ3n) is 2.96. The van der Waals surface area contributed by atoms with Crippen LogP contribution in [-0.4, -0.2) is 41.9 Å². The summed E-state index contributed by atoms with van der Waals surface area (Å²) in [6.07, 6.45) is 0. The van der Waals surface area contributed by atoms with E-state index in [1.807, 2.05) is 12.1 Å². The summed E-state index contributed by atoms with van der Waals surface area (Å²) in [5.41, 5.74) is 0.855. The molecule has 0 saturated carbocycles. The molecule has 2 rings (SSSR count). The molecule has 0 aliphatic carbocycles. The maximum atomic E-state index is 12.5. The van der Waals surface area contributed by atoms with E-state index < -0.39 is 10.0 Å². The first-order valence-corrected chi connectivity index (χ1v) is 8.24. The van der Waals surface area contributed by atoms with Gasteiger partial charge in [-0.25, -0.2) is 13.1 Å². The van der Waals surface area contributed by atoms with Gasteiger partial charge in [-0.1, -0.05) is 17.3 Å². The first-order valence-electron chi connectivity index (χ1n) is 6.00. The lowest BCUT2D eigenvalue weighted by Gasteiger charge is -2.17. The molecule has 0 aliphatic heterocycles. The summed E-state index contributed by atoms with van der Waals surface area (Å²) in [6, 6.07) is 7.22. The zero-order valence-corrected chi connectivity index (χ0v) is 14.2. The molecule has 0 fully saturated rings. The predicted molar refractivity (Wildman–Crippen MR) is 80.3 cm³/mol. The number of halogens is 1.